The maximum absolute atomic E-state index is 10.4. The summed E-state index contributed by atoms with van der Waals surface area (Å²) in [6.07, 6.45) is 0.844. The van der Waals surface area contributed by atoms with Gasteiger partial charge in [0.25, 0.3) is 0 Å². The molecular formula is C7H14O3. The van der Waals surface area contributed by atoms with Crippen LogP contribution in [0.3, 0.4) is 0 Å². The molecule has 3 nitrogen and oxygen atoms in total. The van der Waals surface area contributed by atoms with Gasteiger partial charge in [0.2, 0.25) is 0 Å². The van der Waals surface area contributed by atoms with E-state index < -0.39 is 11.6 Å². The summed E-state index contributed by atoms with van der Waals surface area (Å²) in [5.74, 6) is -0.916. The van der Waals surface area contributed by atoms with Crippen molar-refractivity contribution in [2.45, 2.75) is 32.8 Å². The highest BCUT2D eigenvalue weighted by Crippen LogP contribution is 2.08. The van der Waals surface area contributed by atoms with Crippen molar-refractivity contribution in [2.75, 3.05) is 6.61 Å². The van der Waals surface area contributed by atoms with Crippen LogP contribution in [0.4, 0.5) is 0 Å². The smallest absolute Gasteiger partial charge is 0.335 e. The van der Waals surface area contributed by atoms with Gasteiger partial charge in [-0.05, 0) is 20.3 Å². The van der Waals surface area contributed by atoms with Crippen LogP contribution in [-0.2, 0) is 9.53 Å². The van der Waals surface area contributed by atoms with Crippen molar-refractivity contribution in [1.29, 1.82) is 0 Å². The van der Waals surface area contributed by atoms with E-state index in [0.29, 0.717) is 6.61 Å². The van der Waals surface area contributed by atoms with Crippen molar-refractivity contribution in [3.8, 4) is 0 Å². The van der Waals surface area contributed by atoms with E-state index in [4.69, 9.17) is 9.84 Å². The molecule has 0 saturated heterocycles. The first-order valence-corrected chi connectivity index (χ1v) is 3.38. The van der Waals surface area contributed by atoms with Gasteiger partial charge in [-0.3, -0.25) is 0 Å². The minimum absolute atomic E-state index is 0.499. The van der Waals surface area contributed by atoms with Gasteiger partial charge in [0.15, 0.2) is 5.60 Å². The number of ether oxygens (including phenoxy) is 1. The number of carbonyl (C=O) groups is 1. The van der Waals surface area contributed by atoms with Crippen LogP contribution in [-0.4, -0.2) is 23.3 Å². The molecule has 0 bridgehead atoms. The van der Waals surface area contributed by atoms with E-state index in [2.05, 4.69) is 0 Å². The van der Waals surface area contributed by atoms with Crippen LogP contribution in [0.2, 0.25) is 0 Å². The van der Waals surface area contributed by atoms with Crippen LogP contribution in [0.1, 0.15) is 27.2 Å². The standard InChI is InChI=1S/C7H14O3/c1-4-5-10-7(2,3)6(8)9/h4-5H2,1-3H3,(H,8,9). The van der Waals surface area contributed by atoms with Gasteiger partial charge in [-0.2, -0.15) is 0 Å². The van der Waals surface area contributed by atoms with Crippen LogP contribution in [0.15, 0.2) is 0 Å². The minimum atomic E-state index is -1.03. The van der Waals surface area contributed by atoms with E-state index >= 15 is 0 Å². The second-order valence-corrected chi connectivity index (χ2v) is 2.66. The molecule has 0 aliphatic heterocycles. The monoisotopic (exact) mass is 146 g/mol. The number of carboxylic acid groups (broad SMARTS) is 1. The fourth-order valence-corrected chi connectivity index (χ4v) is 0.419. The number of hydrogen-bond acceptors (Lipinski definition) is 2. The third-order valence-corrected chi connectivity index (χ3v) is 1.18. The minimum Gasteiger partial charge on any atom is -0.479 e. The molecule has 1 N–H and O–H groups in total. The molecule has 0 heterocycles. The summed E-state index contributed by atoms with van der Waals surface area (Å²) < 4.78 is 5.04. The van der Waals surface area contributed by atoms with Gasteiger partial charge in [0.05, 0.1) is 0 Å². The molecule has 0 aromatic carbocycles. The molecule has 0 radical (unpaired) electrons. The topological polar surface area (TPSA) is 46.5 Å². The van der Waals surface area contributed by atoms with E-state index in [1.54, 1.807) is 13.8 Å². The Morgan fingerprint density at radius 3 is 2.40 bits per heavy atom. The summed E-state index contributed by atoms with van der Waals surface area (Å²) in [6.45, 7) is 5.53. The number of hydrogen-bond donors (Lipinski definition) is 1. The lowest BCUT2D eigenvalue weighted by molar-refractivity contribution is -0.161. The predicted molar refractivity (Wildman–Crippen MR) is 38.0 cm³/mol. The summed E-state index contributed by atoms with van der Waals surface area (Å²) in [5.41, 5.74) is -1.03. The zero-order chi connectivity index (χ0) is 8.20. The summed E-state index contributed by atoms with van der Waals surface area (Å²) in [6, 6.07) is 0. The van der Waals surface area contributed by atoms with Crippen LogP contribution < -0.4 is 0 Å². The van der Waals surface area contributed by atoms with Gasteiger partial charge < -0.3 is 9.84 Å². The fourth-order valence-electron chi connectivity index (χ4n) is 0.419. The second-order valence-electron chi connectivity index (χ2n) is 2.66. The number of aliphatic carboxylic acids is 1. The van der Waals surface area contributed by atoms with E-state index in [0.717, 1.165) is 6.42 Å². The quantitative estimate of drug-likeness (QED) is 0.649. The molecule has 0 saturated carbocycles. The van der Waals surface area contributed by atoms with Gasteiger partial charge in [-0.25, -0.2) is 4.79 Å². The molecule has 0 aliphatic carbocycles. The molecule has 0 aliphatic rings. The Morgan fingerprint density at radius 1 is 1.60 bits per heavy atom. The number of carboxylic acids is 1. The van der Waals surface area contributed by atoms with Crippen LogP contribution in [0.25, 0.3) is 0 Å². The van der Waals surface area contributed by atoms with Crippen molar-refractivity contribution in [3.05, 3.63) is 0 Å². The predicted octanol–water partition coefficient (Wildman–Crippen LogP) is 1.28. The summed E-state index contributed by atoms with van der Waals surface area (Å²) in [4.78, 5) is 10.4. The Morgan fingerprint density at radius 2 is 2.10 bits per heavy atom. The molecule has 10 heavy (non-hydrogen) atoms. The van der Waals surface area contributed by atoms with Crippen molar-refractivity contribution in [1.82, 2.24) is 0 Å². The highest BCUT2D eigenvalue weighted by molar-refractivity contribution is 5.76. The molecule has 0 atom stereocenters. The first-order chi connectivity index (χ1) is 4.50. The third-order valence-electron chi connectivity index (χ3n) is 1.18. The Kier molecular flexibility index (Phi) is 3.36. The summed E-state index contributed by atoms with van der Waals surface area (Å²) in [5, 5.41) is 8.54. The van der Waals surface area contributed by atoms with Gasteiger partial charge in [-0.1, -0.05) is 6.92 Å². The molecule has 60 valence electrons. The van der Waals surface area contributed by atoms with Crippen molar-refractivity contribution in [2.24, 2.45) is 0 Å². The van der Waals surface area contributed by atoms with Gasteiger partial charge in [-0.15, -0.1) is 0 Å². The molecule has 0 aromatic heterocycles. The Bertz CT molecular complexity index is 118. The zero-order valence-corrected chi connectivity index (χ0v) is 6.68. The highest BCUT2D eigenvalue weighted by atomic mass is 16.5. The maximum atomic E-state index is 10.4. The highest BCUT2D eigenvalue weighted by Gasteiger charge is 2.26. The lowest BCUT2D eigenvalue weighted by Gasteiger charge is -2.19. The van der Waals surface area contributed by atoms with Crippen LogP contribution in [0.5, 0.6) is 0 Å². The van der Waals surface area contributed by atoms with Crippen molar-refractivity contribution >= 4 is 5.97 Å². The van der Waals surface area contributed by atoms with E-state index in [1.165, 1.54) is 0 Å². The second kappa shape index (κ2) is 3.56. The van der Waals surface area contributed by atoms with Gasteiger partial charge >= 0.3 is 5.97 Å². The van der Waals surface area contributed by atoms with Gasteiger partial charge in [0.1, 0.15) is 0 Å². The lowest BCUT2D eigenvalue weighted by atomic mass is 10.1. The summed E-state index contributed by atoms with van der Waals surface area (Å²) >= 11 is 0. The van der Waals surface area contributed by atoms with Crippen LogP contribution in [0, 0.1) is 0 Å². The molecule has 0 fully saturated rings. The Hall–Kier alpha value is -0.570. The largest absolute Gasteiger partial charge is 0.479 e. The molecular weight excluding hydrogens is 132 g/mol. The zero-order valence-electron chi connectivity index (χ0n) is 6.68. The molecule has 3 heteroatoms. The van der Waals surface area contributed by atoms with E-state index in [-0.39, 0.29) is 0 Å². The average Bonchev–Trinajstić information content (AvgIpc) is 1.84. The fraction of sp³-hybridized carbons (Fsp3) is 0.857. The van der Waals surface area contributed by atoms with Gasteiger partial charge in [0, 0.05) is 6.61 Å². The average molecular weight is 146 g/mol. The molecule has 0 rings (SSSR count). The van der Waals surface area contributed by atoms with Crippen LogP contribution >= 0.6 is 0 Å². The molecule has 0 amide bonds. The number of rotatable bonds is 4. The molecule has 0 unspecified atom stereocenters. The normalized spacial score (nSPS) is 11.5. The maximum Gasteiger partial charge on any atom is 0.335 e. The van der Waals surface area contributed by atoms with E-state index in [1.807, 2.05) is 6.92 Å². The van der Waals surface area contributed by atoms with Crippen molar-refractivity contribution < 1.29 is 14.6 Å². The van der Waals surface area contributed by atoms with Crippen molar-refractivity contribution in [3.63, 3.8) is 0 Å². The molecule has 0 spiro atoms. The Balaban J connectivity index is 3.75. The third kappa shape index (κ3) is 2.82. The Labute approximate surface area is 61.0 Å². The first kappa shape index (κ1) is 9.43. The first-order valence-electron chi connectivity index (χ1n) is 3.38. The summed E-state index contributed by atoms with van der Waals surface area (Å²) in [7, 11) is 0. The van der Waals surface area contributed by atoms with E-state index in [9.17, 15) is 4.79 Å². The molecule has 0 aromatic rings. The SMILES string of the molecule is CCCOC(C)(C)C(=O)O. The lowest BCUT2D eigenvalue weighted by Crippen LogP contribution is -2.34.